The van der Waals surface area contributed by atoms with Crippen molar-refractivity contribution in [1.82, 2.24) is 10.1 Å². The monoisotopic (exact) mass is 426 g/mol. The van der Waals surface area contributed by atoms with E-state index in [0.717, 1.165) is 37.8 Å². The van der Waals surface area contributed by atoms with Crippen LogP contribution in [-0.4, -0.2) is 74.4 Å². The van der Waals surface area contributed by atoms with Crippen LogP contribution in [0, 0.1) is 11.8 Å². The van der Waals surface area contributed by atoms with Gasteiger partial charge in [-0.05, 0) is 31.1 Å². The van der Waals surface area contributed by atoms with Crippen LogP contribution in [-0.2, 0) is 38.3 Å². The van der Waals surface area contributed by atoms with E-state index in [1.807, 2.05) is 0 Å². The van der Waals surface area contributed by atoms with Gasteiger partial charge in [-0.25, -0.2) is 19.7 Å². The van der Waals surface area contributed by atoms with Crippen LogP contribution < -0.4 is 0 Å². The first-order valence-corrected chi connectivity index (χ1v) is 9.80. The second-order valence-electron chi connectivity index (χ2n) is 6.72. The Morgan fingerprint density at radius 2 is 1.23 bits per heavy atom. The van der Waals surface area contributed by atoms with E-state index in [-0.39, 0.29) is 38.3 Å². The third-order valence-corrected chi connectivity index (χ3v) is 4.51. The van der Waals surface area contributed by atoms with Crippen LogP contribution in [0.5, 0.6) is 0 Å². The van der Waals surface area contributed by atoms with Crippen molar-refractivity contribution < 1.29 is 38.3 Å². The van der Waals surface area contributed by atoms with Gasteiger partial charge in [0.1, 0.15) is 26.4 Å². The van der Waals surface area contributed by atoms with Gasteiger partial charge in [0.2, 0.25) is 12.8 Å². The summed E-state index contributed by atoms with van der Waals surface area (Å²) in [5, 5.41) is 2.41. The topological polar surface area (TPSA) is 112 Å². The minimum atomic E-state index is -0.549. The predicted octanol–water partition coefficient (Wildman–Crippen LogP) is 1.03. The molecule has 0 radical (unpaired) electrons. The third kappa shape index (κ3) is 10.7. The zero-order valence-electron chi connectivity index (χ0n) is 17.1. The Labute approximate surface area is 176 Å². The molecule has 1 rings (SSSR count). The maximum Gasteiger partial charge on any atom is 0.330 e. The fourth-order valence-corrected chi connectivity index (χ4v) is 3.21. The summed E-state index contributed by atoms with van der Waals surface area (Å²) in [6.07, 6.45) is 6.96. The predicted molar refractivity (Wildman–Crippen MR) is 105 cm³/mol. The molecule has 2 unspecified atom stereocenters. The SMILES string of the molecule is C=CC(=O)OCCON(C=O)CC1CCCC(CN(C=O)OCCOC(=O)C=C)C1. The summed E-state index contributed by atoms with van der Waals surface area (Å²) in [4.78, 5) is 55.1. The molecule has 10 heteroatoms. The maximum atomic E-state index is 11.2. The Balaban J connectivity index is 2.34. The van der Waals surface area contributed by atoms with Gasteiger partial charge in [0.05, 0.1) is 13.1 Å². The average molecular weight is 426 g/mol. The second-order valence-corrected chi connectivity index (χ2v) is 6.72. The van der Waals surface area contributed by atoms with Gasteiger partial charge in [-0.1, -0.05) is 19.6 Å². The van der Waals surface area contributed by atoms with Crippen LogP contribution in [0.3, 0.4) is 0 Å². The molecular weight excluding hydrogens is 396 g/mol. The van der Waals surface area contributed by atoms with Gasteiger partial charge in [0.25, 0.3) is 0 Å². The van der Waals surface area contributed by atoms with Gasteiger partial charge < -0.3 is 9.47 Å². The smallest absolute Gasteiger partial charge is 0.330 e. The number of hydrogen-bond donors (Lipinski definition) is 0. The minimum Gasteiger partial charge on any atom is -0.460 e. The molecule has 0 saturated heterocycles. The molecule has 168 valence electrons. The summed E-state index contributed by atoms with van der Waals surface area (Å²) in [6.45, 7) is 7.59. The number of hydroxylamine groups is 4. The summed E-state index contributed by atoms with van der Waals surface area (Å²) in [5.74, 6) is -0.669. The Morgan fingerprint density at radius 1 is 0.800 bits per heavy atom. The van der Waals surface area contributed by atoms with E-state index in [2.05, 4.69) is 13.2 Å². The molecule has 0 spiro atoms. The zero-order chi connectivity index (χ0) is 22.2. The lowest BCUT2D eigenvalue weighted by atomic mass is 9.81. The summed E-state index contributed by atoms with van der Waals surface area (Å²) in [6, 6.07) is 0. The van der Waals surface area contributed by atoms with E-state index in [1.165, 1.54) is 10.1 Å². The van der Waals surface area contributed by atoms with Crippen LogP contribution in [0.15, 0.2) is 25.3 Å². The lowest BCUT2D eigenvalue weighted by Crippen LogP contribution is -2.36. The highest BCUT2D eigenvalue weighted by atomic mass is 16.7. The highest BCUT2D eigenvalue weighted by Crippen LogP contribution is 2.30. The van der Waals surface area contributed by atoms with Gasteiger partial charge in [-0.2, -0.15) is 0 Å². The fourth-order valence-electron chi connectivity index (χ4n) is 3.21. The van der Waals surface area contributed by atoms with Crippen LogP contribution >= 0.6 is 0 Å². The molecule has 0 aliphatic heterocycles. The van der Waals surface area contributed by atoms with Gasteiger partial charge in [-0.3, -0.25) is 19.3 Å². The van der Waals surface area contributed by atoms with Crippen LogP contribution in [0.25, 0.3) is 0 Å². The van der Waals surface area contributed by atoms with Crippen molar-refractivity contribution in [2.75, 3.05) is 39.5 Å². The van der Waals surface area contributed by atoms with Crippen LogP contribution in [0.1, 0.15) is 25.7 Å². The van der Waals surface area contributed by atoms with Crippen molar-refractivity contribution in [1.29, 1.82) is 0 Å². The van der Waals surface area contributed by atoms with E-state index in [4.69, 9.17) is 19.1 Å². The number of nitrogens with zero attached hydrogens (tertiary/aromatic N) is 2. The Hall–Kier alpha value is -2.72. The number of carbonyl (C=O) groups is 4. The van der Waals surface area contributed by atoms with E-state index in [0.29, 0.717) is 25.9 Å². The van der Waals surface area contributed by atoms with Crippen molar-refractivity contribution in [3.05, 3.63) is 25.3 Å². The third-order valence-electron chi connectivity index (χ3n) is 4.51. The highest BCUT2D eigenvalue weighted by Gasteiger charge is 2.25. The first-order valence-electron chi connectivity index (χ1n) is 9.80. The van der Waals surface area contributed by atoms with Gasteiger partial charge in [-0.15, -0.1) is 0 Å². The van der Waals surface area contributed by atoms with Crippen LogP contribution in [0.4, 0.5) is 0 Å². The number of amides is 2. The minimum absolute atomic E-state index is 0.0240. The van der Waals surface area contributed by atoms with Crippen molar-refractivity contribution >= 4 is 24.8 Å². The number of rotatable bonds is 16. The van der Waals surface area contributed by atoms with Crippen molar-refractivity contribution in [2.24, 2.45) is 11.8 Å². The Kier molecular flexibility index (Phi) is 12.8. The highest BCUT2D eigenvalue weighted by molar-refractivity contribution is 5.81. The summed E-state index contributed by atoms with van der Waals surface area (Å²) >= 11 is 0. The standard InChI is InChI=1S/C20H30N2O8/c1-3-19(25)27-8-10-29-21(15-23)13-17-6-5-7-18(12-17)14-22(16-24)30-11-9-28-20(26)4-2/h3-4,15-18H,1-2,5-14H2. The summed E-state index contributed by atoms with van der Waals surface area (Å²) in [7, 11) is 0. The second kappa shape index (κ2) is 15.2. The molecule has 0 heterocycles. The molecule has 1 aliphatic carbocycles. The molecule has 0 aromatic rings. The van der Waals surface area contributed by atoms with E-state index >= 15 is 0 Å². The van der Waals surface area contributed by atoms with E-state index in [9.17, 15) is 19.2 Å². The number of carbonyl (C=O) groups excluding carboxylic acids is 4. The van der Waals surface area contributed by atoms with Gasteiger partial charge in [0, 0.05) is 12.2 Å². The molecule has 0 aromatic carbocycles. The zero-order valence-corrected chi connectivity index (χ0v) is 17.1. The number of hydrogen-bond acceptors (Lipinski definition) is 8. The van der Waals surface area contributed by atoms with E-state index in [1.54, 1.807) is 0 Å². The molecule has 10 nitrogen and oxygen atoms in total. The molecule has 0 bridgehead atoms. The lowest BCUT2D eigenvalue weighted by molar-refractivity contribution is -0.186. The Morgan fingerprint density at radius 3 is 1.60 bits per heavy atom. The van der Waals surface area contributed by atoms with Crippen molar-refractivity contribution in [2.45, 2.75) is 25.7 Å². The number of ether oxygens (including phenoxy) is 2. The van der Waals surface area contributed by atoms with Gasteiger partial charge >= 0.3 is 11.9 Å². The maximum absolute atomic E-state index is 11.2. The molecule has 1 fully saturated rings. The summed E-state index contributed by atoms with van der Waals surface area (Å²) < 4.78 is 9.60. The average Bonchev–Trinajstić information content (AvgIpc) is 2.77. The molecule has 0 aromatic heterocycles. The Bertz CT molecular complexity index is 535. The van der Waals surface area contributed by atoms with Crippen LogP contribution in [0.2, 0.25) is 0 Å². The lowest BCUT2D eigenvalue weighted by Gasteiger charge is -2.33. The number of esters is 2. The van der Waals surface area contributed by atoms with Crippen molar-refractivity contribution in [3.63, 3.8) is 0 Å². The fraction of sp³-hybridized carbons (Fsp3) is 0.600. The molecule has 1 saturated carbocycles. The van der Waals surface area contributed by atoms with Crippen molar-refractivity contribution in [3.8, 4) is 0 Å². The first kappa shape index (κ1) is 25.3. The molecular formula is C20H30N2O8. The molecule has 2 atom stereocenters. The molecule has 0 N–H and O–H groups in total. The molecule has 2 amide bonds. The molecule has 30 heavy (non-hydrogen) atoms. The normalized spacial score (nSPS) is 18.0. The first-order chi connectivity index (χ1) is 14.5. The van der Waals surface area contributed by atoms with Gasteiger partial charge in [0.15, 0.2) is 0 Å². The quantitative estimate of drug-likeness (QED) is 0.118. The van der Waals surface area contributed by atoms with E-state index < -0.39 is 11.9 Å². The largest absolute Gasteiger partial charge is 0.460 e. The molecule has 1 aliphatic rings. The summed E-state index contributed by atoms with van der Waals surface area (Å²) in [5.41, 5.74) is 0.